The molecule has 0 N–H and O–H groups in total. The van der Waals surface area contributed by atoms with Gasteiger partial charge in [-0.15, -0.1) is 0 Å². The molecule has 0 aliphatic carbocycles. The van der Waals surface area contributed by atoms with Crippen LogP contribution in [0.5, 0.6) is 0 Å². The van der Waals surface area contributed by atoms with Crippen molar-refractivity contribution in [3.8, 4) is 11.8 Å². The topological polar surface area (TPSA) is 12.9 Å². The number of nitrogens with zero attached hydrogens (tertiary/aromatic N) is 1. The molecule has 0 saturated heterocycles. The lowest BCUT2D eigenvalue weighted by Gasteiger charge is -2.05. The van der Waals surface area contributed by atoms with Gasteiger partial charge < -0.3 is 0 Å². The van der Waals surface area contributed by atoms with E-state index in [1.807, 2.05) is 18.2 Å². The number of pyridine rings is 1. The second-order valence-electron chi connectivity index (χ2n) is 6.36. The van der Waals surface area contributed by atoms with Crippen molar-refractivity contribution >= 4 is 10.8 Å². The normalized spacial score (nSPS) is 10.3. The fourth-order valence-corrected chi connectivity index (χ4v) is 3.05. The lowest BCUT2D eigenvalue weighted by Crippen LogP contribution is -1.88. The molecule has 1 aromatic heterocycles. The van der Waals surface area contributed by atoms with Crippen molar-refractivity contribution in [1.82, 2.24) is 4.98 Å². The molecule has 0 bridgehead atoms. The van der Waals surface area contributed by atoms with Crippen molar-refractivity contribution in [2.75, 3.05) is 0 Å². The zero-order chi connectivity index (χ0) is 17.6. The van der Waals surface area contributed by atoms with Crippen LogP contribution in [-0.4, -0.2) is 4.98 Å². The molecular weight excluding hydrogens is 314 g/mol. The van der Waals surface area contributed by atoms with Crippen LogP contribution in [0.25, 0.3) is 10.8 Å². The van der Waals surface area contributed by atoms with E-state index in [0.717, 1.165) is 17.7 Å². The molecule has 124 valence electrons. The van der Waals surface area contributed by atoms with Gasteiger partial charge in [-0.25, -0.2) is 0 Å². The lowest BCUT2D eigenvalue weighted by atomic mass is 10.00. The van der Waals surface area contributed by atoms with Gasteiger partial charge in [0.1, 0.15) is 0 Å². The van der Waals surface area contributed by atoms with Gasteiger partial charge in [0.25, 0.3) is 0 Å². The molecule has 0 fully saturated rings. The minimum Gasteiger partial charge on any atom is -0.260 e. The quantitative estimate of drug-likeness (QED) is 0.456. The molecule has 0 aliphatic rings. The summed E-state index contributed by atoms with van der Waals surface area (Å²) in [4.78, 5) is 4.31. The maximum absolute atomic E-state index is 4.31. The highest BCUT2D eigenvalue weighted by Crippen LogP contribution is 2.19. The summed E-state index contributed by atoms with van der Waals surface area (Å²) in [5.41, 5.74) is 4.71. The molecule has 0 spiro atoms. The van der Waals surface area contributed by atoms with E-state index in [2.05, 4.69) is 83.6 Å². The predicted octanol–water partition coefficient (Wildman–Crippen LogP) is 5.42. The standard InChI is InChI=1S/C25H19N/c1-2-7-20(8-3-1)17-22-13-15-23-14-12-21(18-24(23)19-22)9-6-11-25-10-4-5-16-26-25/h1-5,7-8,10,12-16,18-19H,11,17H2. The van der Waals surface area contributed by atoms with Gasteiger partial charge in [-0.3, -0.25) is 4.98 Å². The van der Waals surface area contributed by atoms with Crippen molar-refractivity contribution in [2.45, 2.75) is 12.8 Å². The van der Waals surface area contributed by atoms with Gasteiger partial charge in [0.2, 0.25) is 0 Å². The highest BCUT2D eigenvalue weighted by atomic mass is 14.7. The Balaban J connectivity index is 1.56. The zero-order valence-corrected chi connectivity index (χ0v) is 14.5. The molecule has 0 unspecified atom stereocenters. The summed E-state index contributed by atoms with van der Waals surface area (Å²) in [6.07, 6.45) is 3.43. The predicted molar refractivity (Wildman–Crippen MR) is 108 cm³/mol. The minimum absolute atomic E-state index is 0.674. The first-order chi connectivity index (χ1) is 12.9. The van der Waals surface area contributed by atoms with E-state index in [0.29, 0.717) is 6.42 Å². The van der Waals surface area contributed by atoms with Crippen LogP contribution in [0.1, 0.15) is 22.4 Å². The molecule has 0 atom stereocenters. The number of rotatable bonds is 3. The van der Waals surface area contributed by atoms with Gasteiger partial charge in [-0.05, 0) is 52.6 Å². The van der Waals surface area contributed by atoms with Gasteiger partial charge in [0.05, 0.1) is 12.1 Å². The fourth-order valence-electron chi connectivity index (χ4n) is 3.05. The third-order valence-electron chi connectivity index (χ3n) is 4.38. The smallest absolute Gasteiger partial charge is 0.0522 e. The van der Waals surface area contributed by atoms with Gasteiger partial charge in [-0.1, -0.05) is 72.5 Å². The SMILES string of the molecule is C(#Cc1ccc2ccc(Cc3ccccc3)cc2c1)Cc1ccccn1. The van der Waals surface area contributed by atoms with E-state index < -0.39 is 0 Å². The van der Waals surface area contributed by atoms with Gasteiger partial charge in [0, 0.05) is 11.8 Å². The highest BCUT2D eigenvalue weighted by molar-refractivity contribution is 5.84. The summed E-state index contributed by atoms with van der Waals surface area (Å²) in [5, 5.41) is 2.49. The van der Waals surface area contributed by atoms with Crippen LogP contribution in [0, 0.1) is 11.8 Å². The first kappa shape index (κ1) is 16.1. The van der Waals surface area contributed by atoms with E-state index in [-0.39, 0.29) is 0 Å². The summed E-state index contributed by atoms with van der Waals surface area (Å²) < 4.78 is 0. The summed E-state index contributed by atoms with van der Waals surface area (Å²) in [5.74, 6) is 6.49. The summed E-state index contributed by atoms with van der Waals surface area (Å²) >= 11 is 0. The number of hydrogen-bond acceptors (Lipinski definition) is 1. The molecule has 26 heavy (non-hydrogen) atoms. The van der Waals surface area contributed by atoms with E-state index in [1.165, 1.54) is 21.9 Å². The van der Waals surface area contributed by atoms with Crippen LogP contribution in [0.3, 0.4) is 0 Å². The van der Waals surface area contributed by atoms with Crippen molar-refractivity contribution in [1.29, 1.82) is 0 Å². The summed E-state index contributed by atoms with van der Waals surface area (Å²) in [6, 6.07) is 29.6. The van der Waals surface area contributed by atoms with Crippen LogP contribution >= 0.6 is 0 Å². The largest absolute Gasteiger partial charge is 0.260 e. The van der Waals surface area contributed by atoms with Crippen LogP contribution < -0.4 is 0 Å². The van der Waals surface area contributed by atoms with Gasteiger partial charge >= 0.3 is 0 Å². The monoisotopic (exact) mass is 333 g/mol. The molecule has 0 amide bonds. The van der Waals surface area contributed by atoms with E-state index in [1.54, 1.807) is 6.20 Å². The number of benzene rings is 3. The number of hydrogen-bond donors (Lipinski definition) is 0. The Kier molecular flexibility index (Phi) is 4.76. The second kappa shape index (κ2) is 7.68. The summed E-state index contributed by atoms with van der Waals surface area (Å²) in [7, 11) is 0. The molecule has 4 rings (SSSR count). The van der Waals surface area contributed by atoms with Crippen LogP contribution in [0.4, 0.5) is 0 Å². The van der Waals surface area contributed by atoms with E-state index in [9.17, 15) is 0 Å². The van der Waals surface area contributed by atoms with Crippen LogP contribution in [0.2, 0.25) is 0 Å². The van der Waals surface area contributed by atoms with Crippen molar-refractivity contribution in [2.24, 2.45) is 0 Å². The average Bonchev–Trinajstić information content (AvgIpc) is 2.69. The zero-order valence-electron chi connectivity index (χ0n) is 14.5. The lowest BCUT2D eigenvalue weighted by molar-refractivity contribution is 1.13. The summed E-state index contributed by atoms with van der Waals surface area (Å²) in [6.45, 7) is 0. The Bertz CT molecular complexity index is 1070. The molecule has 1 nitrogen and oxygen atoms in total. The first-order valence-electron chi connectivity index (χ1n) is 8.82. The molecule has 0 aliphatic heterocycles. The minimum atomic E-state index is 0.674. The Morgan fingerprint density at radius 3 is 2.38 bits per heavy atom. The first-order valence-corrected chi connectivity index (χ1v) is 8.82. The van der Waals surface area contributed by atoms with Crippen LogP contribution in [0.15, 0.2) is 91.1 Å². The second-order valence-corrected chi connectivity index (χ2v) is 6.36. The molecular formula is C25H19N. The maximum Gasteiger partial charge on any atom is 0.0522 e. The van der Waals surface area contributed by atoms with Crippen molar-refractivity contribution in [3.63, 3.8) is 0 Å². The third-order valence-corrected chi connectivity index (χ3v) is 4.38. The van der Waals surface area contributed by atoms with Crippen LogP contribution in [-0.2, 0) is 12.8 Å². The Morgan fingerprint density at radius 2 is 1.54 bits per heavy atom. The molecule has 0 radical (unpaired) electrons. The van der Waals surface area contributed by atoms with Crippen molar-refractivity contribution in [3.05, 3.63) is 114 Å². The molecule has 1 heterocycles. The molecule has 3 aromatic carbocycles. The molecule has 0 saturated carbocycles. The maximum atomic E-state index is 4.31. The van der Waals surface area contributed by atoms with Gasteiger partial charge in [-0.2, -0.15) is 0 Å². The average molecular weight is 333 g/mol. The third kappa shape index (κ3) is 3.99. The Morgan fingerprint density at radius 1 is 0.692 bits per heavy atom. The molecule has 4 aromatic rings. The number of fused-ring (bicyclic) bond motifs is 1. The van der Waals surface area contributed by atoms with E-state index in [4.69, 9.17) is 0 Å². The van der Waals surface area contributed by atoms with E-state index >= 15 is 0 Å². The van der Waals surface area contributed by atoms with Crippen molar-refractivity contribution < 1.29 is 0 Å². The Labute approximate surface area is 154 Å². The van der Waals surface area contributed by atoms with Gasteiger partial charge in [0.15, 0.2) is 0 Å². The highest BCUT2D eigenvalue weighted by Gasteiger charge is 2.00. The molecule has 1 heteroatoms. The fraction of sp³-hybridized carbons (Fsp3) is 0.0800. The number of aromatic nitrogens is 1. The Hall–Kier alpha value is -3.37.